The van der Waals surface area contributed by atoms with E-state index in [4.69, 9.17) is 4.55 Å². The molecule has 1 heterocycles. The van der Waals surface area contributed by atoms with Gasteiger partial charge in [0.1, 0.15) is 0 Å². The van der Waals surface area contributed by atoms with Crippen LogP contribution in [0.5, 0.6) is 0 Å². The highest BCUT2D eigenvalue weighted by Gasteiger charge is 2.87. The second-order valence-corrected chi connectivity index (χ2v) is 7.77. The monoisotopic (exact) mass is 381 g/mol. The van der Waals surface area contributed by atoms with Crippen molar-refractivity contribution in [1.82, 2.24) is 4.31 Å². The molecule has 1 rings (SSSR count). The fourth-order valence-electron chi connectivity index (χ4n) is 1.69. The molecular weight excluding hydrogens is 370 g/mol. The number of hydrogen-bond acceptors (Lipinski definition) is 4. The number of hydrogen-bond donors (Lipinski definition) is 1. The molecule has 0 aromatic heterocycles. The Bertz CT molecular complexity index is 628. The zero-order valence-corrected chi connectivity index (χ0v) is 12.2. The fraction of sp³-hybridized carbons (Fsp3) is 1.00. The van der Waals surface area contributed by atoms with Crippen LogP contribution in [0, 0.1) is 0 Å². The third kappa shape index (κ3) is 2.68. The standard InChI is InChI=1S/C7H10F6N2O5S2/c8-6(9,7(10,11)21(16,17)18)15(12,13)22(19,20)14-4-2-1-3-5-14/h1-5H2/p+1. The molecule has 7 nitrogen and oxygen atoms in total. The summed E-state index contributed by atoms with van der Waals surface area (Å²) in [4.78, 5) is 0. The smallest absolute Gasteiger partial charge is 0.281 e. The molecule has 1 aliphatic heterocycles. The fourth-order valence-corrected chi connectivity index (χ4v) is 3.59. The molecular formula is C7H11F6N2O5S2+. The lowest BCUT2D eigenvalue weighted by molar-refractivity contribution is -1.14. The van der Waals surface area contributed by atoms with Gasteiger partial charge in [-0.15, -0.1) is 21.5 Å². The average Bonchev–Trinajstić information content (AvgIpc) is 2.37. The van der Waals surface area contributed by atoms with Crippen molar-refractivity contribution in [2.24, 2.45) is 0 Å². The second-order valence-electron chi connectivity index (χ2n) is 4.43. The molecule has 1 saturated heterocycles. The number of quaternary nitrogens is 1. The van der Waals surface area contributed by atoms with Crippen molar-refractivity contribution in [2.45, 2.75) is 30.6 Å². The van der Waals surface area contributed by atoms with Crippen LogP contribution in [0.1, 0.15) is 19.3 Å². The van der Waals surface area contributed by atoms with Gasteiger partial charge in [-0.3, -0.25) is 4.55 Å². The van der Waals surface area contributed by atoms with Gasteiger partial charge in [-0.1, -0.05) is 6.42 Å². The van der Waals surface area contributed by atoms with Crippen LogP contribution in [0.15, 0.2) is 0 Å². The van der Waals surface area contributed by atoms with E-state index in [0.29, 0.717) is 6.42 Å². The Morgan fingerprint density at radius 2 is 1.32 bits per heavy atom. The summed E-state index contributed by atoms with van der Waals surface area (Å²) in [6, 6.07) is -6.93. The quantitative estimate of drug-likeness (QED) is 0.336. The molecule has 0 bridgehead atoms. The van der Waals surface area contributed by atoms with Crippen LogP contribution in [-0.2, 0) is 20.3 Å². The number of halogens is 6. The number of alkyl halides is 4. The zero-order chi connectivity index (χ0) is 17.6. The number of piperidine rings is 1. The highest BCUT2D eigenvalue weighted by molar-refractivity contribution is 7.87. The van der Waals surface area contributed by atoms with E-state index < -0.39 is 49.1 Å². The average molecular weight is 381 g/mol. The Kier molecular flexibility index (Phi) is 4.82. The first-order valence-electron chi connectivity index (χ1n) is 5.62. The van der Waals surface area contributed by atoms with Crippen LogP contribution >= 0.6 is 0 Å². The third-order valence-electron chi connectivity index (χ3n) is 2.93. The maximum absolute atomic E-state index is 13.5. The second kappa shape index (κ2) is 5.47. The summed E-state index contributed by atoms with van der Waals surface area (Å²) in [5.74, 6) is 0. The minimum Gasteiger partial charge on any atom is -0.281 e. The molecule has 0 atom stereocenters. The highest BCUT2D eigenvalue weighted by Crippen LogP contribution is 2.49. The zero-order valence-electron chi connectivity index (χ0n) is 10.6. The third-order valence-corrected chi connectivity index (χ3v) is 5.65. The van der Waals surface area contributed by atoms with Gasteiger partial charge in [-0.05, 0) is 12.8 Å². The van der Waals surface area contributed by atoms with Crippen molar-refractivity contribution in [1.29, 1.82) is 0 Å². The molecule has 1 N–H and O–H groups in total. The first-order valence-corrected chi connectivity index (χ1v) is 8.46. The largest absolute Gasteiger partial charge is 0.564 e. The minimum absolute atomic E-state index is 0.0412. The summed E-state index contributed by atoms with van der Waals surface area (Å²) in [7, 11) is -13.3. The molecule has 0 saturated carbocycles. The van der Waals surface area contributed by atoms with E-state index in [0.717, 1.165) is 0 Å². The van der Waals surface area contributed by atoms with Gasteiger partial charge in [0.05, 0.1) is 8.96 Å². The Balaban J connectivity index is 3.37. The summed E-state index contributed by atoms with van der Waals surface area (Å²) in [6.07, 6.45) is 0.501. The van der Waals surface area contributed by atoms with Gasteiger partial charge in [-0.25, -0.2) is 0 Å². The molecule has 1 aliphatic rings. The first-order chi connectivity index (χ1) is 9.61. The van der Waals surface area contributed by atoms with Crippen molar-refractivity contribution < 1.29 is 52.2 Å². The Hall–Kier alpha value is -0.640. The van der Waals surface area contributed by atoms with Crippen molar-refractivity contribution in [3.63, 3.8) is 0 Å². The van der Waals surface area contributed by atoms with Gasteiger partial charge in [-0.2, -0.15) is 17.2 Å². The maximum Gasteiger partial charge on any atom is 0.564 e. The Morgan fingerprint density at radius 1 is 0.909 bits per heavy atom. The van der Waals surface area contributed by atoms with Gasteiger partial charge >= 0.3 is 31.6 Å². The van der Waals surface area contributed by atoms with Gasteiger partial charge < -0.3 is 0 Å². The SMILES string of the molecule is O=S(=O)(O)C(F)(F)C(F)(F)[N+](F)(F)S(=O)(=O)N1CCCCC1. The lowest BCUT2D eigenvalue weighted by Gasteiger charge is -2.30. The predicted molar refractivity (Wildman–Crippen MR) is 58.3 cm³/mol. The molecule has 1 fully saturated rings. The van der Waals surface area contributed by atoms with Crippen molar-refractivity contribution in [3.8, 4) is 0 Å². The van der Waals surface area contributed by atoms with E-state index in [1.54, 1.807) is 0 Å². The molecule has 0 spiro atoms. The van der Waals surface area contributed by atoms with Crippen molar-refractivity contribution in [3.05, 3.63) is 0 Å². The van der Waals surface area contributed by atoms with Crippen LogP contribution in [0.25, 0.3) is 0 Å². The van der Waals surface area contributed by atoms with E-state index in [-0.39, 0.29) is 17.1 Å². The van der Waals surface area contributed by atoms with E-state index in [2.05, 4.69) is 0 Å². The lowest BCUT2D eigenvalue weighted by atomic mass is 10.2. The van der Waals surface area contributed by atoms with Crippen LogP contribution in [0.3, 0.4) is 0 Å². The Labute approximate surface area is 121 Å². The van der Waals surface area contributed by atoms with E-state index in [1.807, 2.05) is 0 Å². The summed E-state index contributed by atoms with van der Waals surface area (Å²) < 4.78 is 125. The van der Waals surface area contributed by atoms with Gasteiger partial charge in [0, 0.05) is 13.1 Å². The van der Waals surface area contributed by atoms with Crippen LogP contribution in [0.2, 0.25) is 0 Å². The number of nitrogens with zero attached hydrogens (tertiary/aromatic N) is 2. The van der Waals surface area contributed by atoms with Gasteiger partial charge in [0.2, 0.25) is 4.33 Å². The lowest BCUT2D eigenvalue weighted by Crippen LogP contribution is -2.66. The summed E-state index contributed by atoms with van der Waals surface area (Å²) >= 11 is 0. The van der Waals surface area contributed by atoms with E-state index >= 15 is 0 Å². The van der Waals surface area contributed by atoms with E-state index in [9.17, 15) is 43.4 Å². The highest BCUT2D eigenvalue weighted by atomic mass is 32.2. The normalized spacial score (nSPS) is 20.1. The molecule has 0 aromatic rings. The maximum atomic E-state index is 13.5. The van der Waals surface area contributed by atoms with Crippen LogP contribution in [-0.4, -0.2) is 54.4 Å². The summed E-state index contributed by atoms with van der Waals surface area (Å²) in [5.41, 5.74) is 0. The first kappa shape index (κ1) is 19.4. The van der Waals surface area contributed by atoms with Crippen LogP contribution < -0.4 is 0 Å². The van der Waals surface area contributed by atoms with Gasteiger partial charge in [0.15, 0.2) is 0 Å². The summed E-state index contributed by atoms with van der Waals surface area (Å²) in [6.45, 7) is -1.21. The molecule has 132 valence electrons. The van der Waals surface area contributed by atoms with Crippen molar-refractivity contribution >= 4 is 20.3 Å². The Morgan fingerprint density at radius 3 is 1.68 bits per heavy atom. The molecule has 0 aliphatic carbocycles. The summed E-state index contributed by atoms with van der Waals surface area (Å²) in [5, 5.41) is -6.72. The molecule has 0 amide bonds. The van der Waals surface area contributed by atoms with Crippen molar-refractivity contribution in [2.75, 3.05) is 13.1 Å². The molecule has 0 radical (unpaired) electrons. The van der Waals surface area contributed by atoms with Gasteiger partial charge in [0.25, 0.3) is 0 Å². The topological polar surface area (TPSA) is 91.7 Å². The molecule has 0 unspecified atom stereocenters. The molecule has 0 aromatic carbocycles. The number of rotatable bonds is 5. The molecule has 22 heavy (non-hydrogen) atoms. The van der Waals surface area contributed by atoms with Crippen LogP contribution in [0.4, 0.5) is 26.5 Å². The predicted octanol–water partition coefficient (Wildman–Crippen LogP) is 1.38. The minimum atomic E-state index is -7.00. The van der Waals surface area contributed by atoms with E-state index in [1.165, 1.54) is 0 Å². The molecule has 15 heteroatoms.